The third kappa shape index (κ3) is 4.23. The van der Waals surface area contributed by atoms with Gasteiger partial charge in [-0.15, -0.1) is 0 Å². The Morgan fingerprint density at radius 3 is 2.59 bits per heavy atom. The molecule has 138 valence electrons. The molecule has 5 nitrogen and oxygen atoms in total. The van der Waals surface area contributed by atoms with Crippen LogP contribution in [0.15, 0.2) is 59.0 Å². The quantitative estimate of drug-likeness (QED) is 0.473. The van der Waals surface area contributed by atoms with E-state index in [4.69, 9.17) is 13.9 Å². The van der Waals surface area contributed by atoms with Gasteiger partial charge < -0.3 is 13.9 Å². The number of para-hydroxylation sites is 1. The normalized spacial score (nSPS) is 11.0. The predicted octanol–water partition coefficient (Wildman–Crippen LogP) is 4.51. The number of benzene rings is 2. The number of carbonyl (C=O) groups is 2. The summed E-state index contributed by atoms with van der Waals surface area (Å²) in [4.78, 5) is 24.1. The second-order valence-electron chi connectivity index (χ2n) is 5.59. The molecule has 1 aromatic heterocycles. The highest BCUT2D eigenvalue weighted by molar-refractivity contribution is 5.96. The summed E-state index contributed by atoms with van der Waals surface area (Å²) in [5.41, 5.74) is 1.20. The van der Waals surface area contributed by atoms with E-state index in [1.54, 1.807) is 49.4 Å². The van der Waals surface area contributed by atoms with E-state index in [-0.39, 0.29) is 24.5 Å². The largest absolute Gasteiger partial charge is 0.460 e. The summed E-state index contributed by atoms with van der Waals surface area (Å²) in [5, 5.41) is 0.659. The van der Waals surface area contributed by atoms with Gasteiger partial charge in [0.05, 0.1) is 12.2 Å². The third-order valence-electron chi connectivity index (χ3n) is 3.82. The first-order valence-electron chi connectivity index (χ1n) is 8.37. The van der Waals surface area contributed by atoms with Gasteiger partial charge in [-0.3, -0.25) is 0 Å². The van der Waals surface area contributed by atoms with E-state index in [2.05, 4.69) is 0 Å². The Hall–Kier alpha value is -3.41. The molecule has 0 amide bonds. The lowest BCUT2D eigenvalue weighted by Crippen LogP contribution is -2.08. The number of carbonyl (C=O) groups excluding carboxylic acids is 2. The van der Waals surface area contributed by atoms with E-state index < -0.39 is 17.8 Å². The first-order chi connectivity index (χ1) is 13.1. The predicted molar refractivity (Wildman–Crippen MR) is 97.4 cm³/mol. The average molecular weight is 368 g/mol. The fourth-order valence-corrected chi connectivity index (χ4v) is 2.56. The van der Waals surface area contributed by atoms with Crippen LogP contribution in [0.3, 0.4) is 0 Å². The lowest BCUT2D eigenvalue weighted by molar-refractivity contribution is -0.138. The molecular weight excluding hydrogens is 351 g/mol. The summed E-state index contributed by atoms with van der Waals surface area (Å²) in [5.74, 6) is -1.73. The molecule has 0 aliphatic carbocycles. The van der Waals surface area contributed by atoms with E-state index in [0.29, 0.717) is 16.5 Å². The first-order valence-corrected chi connectivity index (χ1v) is 8.37. The van der Waals surface area contributed by atoms with Crippen molar-refractivity contribution in [2.75, 3.05) is 6.61 Å². The fraction of sp³-hybridized carbons (Fsp3) is 0.143. The standard InChI is InChI=1S/C21H17FO5/c1-2-25-21(24)20-16(15-8-4-6-10-18(15)27-20)13-26-19(23)12-11-14-7-3-5-9-17(14)22/h3-12H,2,13H2,1H3/b12-11+. The summed E-state index contributed by atoms with van der Waals surface area (Å²) in [6.07, 6.45) is 2.46. The Morgan fingerprint density at radius 1 is 1.07 bits per heavy atom. The van der Waals surface area contributed by atoms with Crippen LogP contribution < -0.4 is 0 Å². The van der Waals surface area contributed by atoms with Crippen molar-refractivity contribution < 1.29 is 27.9 Å². The van der Waals surface area contributed by atoms with E-state index in [9.17, 15) is 14.0 Å². The number of fused-ring (bicyclic) bond motifs is 1. The van der Waals surface area contributed by atoms with E-state index >= 15 is 0 Å². The highest BCUT2D eigenvalue weighted by atomic mass is 19.1. The topological polar surface area (TPSA) is 65.7 Å². The summed E-state index contributed by atoms with van der Waals surface area (Å²) in [6.45, 7) is 1.71. The first kappa shape index (κ1) is 18.4. The van der Waals surface area contributed by atoms with Crippen molar-refractivity contribution in [3.8, 4) is 0 Å². The Morgan fingerprint density at radius 2 is 1.81 bits per heavy atom. The minimum atomic E-state index is -0.668. The van der Waals surface area contributed by atoms with Gasteiger partial charge in [0.25, 0.3) is 0 Å². The van der Waals surface area contributed by atoms with Gasteiger partial charge in [-0.05, 0) is 25.1 Å². The molecule has 2 aromatic carbocycles. The lowest BCUT2D eigenvalue weighted by Gasteiger charge is -2.04. The SMILES string of the molecule is CCOC(=O)c1oc2ccccc2c1COC(=O)/C=C/c1ccccc1F. The molecule has 0 saturated heterocycles. The van der Waals surface area contributed by atoms with Gasteiger partial charge in [0, 0.05) is 17.0 Å². The number of esters is 2. The number of ether oxygens (including phenoxy) is 2. The molecule has 0 N–H and O–H groups in total. The van der Waals surface area contributed by atoms with Crippen molar-refractivity contribution in [3.63, 3.8) is 0 Å². The zero-order valence-electron chi connectivity index (χ0n) is 14.6. The molecule has 3 rings (SSSR count). The summed E-state index contributed by atoms with van der Waals surface area (Å²) in [6, 6.07) is 13.1. The Labute approximate surface area is 155 Å². The highest BCUT2D eigenvalue weighted by Crippen LogP contribution is 2.27. The van der Waals surface area contributed by atoms with Gasteiger partial charge >= 0.3 is 11.9 Å². The van der Waals surface area contributed by atoms with Crippen molar-refractivity contribution in [1.29, 1.82) is 0 Å². The smallest absolute Gasteiger partial charge is 0.374 e. The van der Waals surface area contributed by atoms with Crippen molar-refractivity contribution in [3.05, 3.63) is 77.3 Å². The second-order valence-corrected chi connectivity index (χ2v) is 5.59. The number of hydrogen-bond acceptors (Lipinski definition) is 5. The summed E-state index contributed by atoms with van der Waals surface area (Å²) in [7, 11) is 0. The second kappa shape index (κ2) is 8.31. The van der Waals surface area contributed by atoms with Crippen LogP contribution in [0.1, 0.15) is 28.6 Å². The van der Waals surface area contributed by atoms with Crippen molar-refractivity contribution in [2.24, 2.45) is 0 Å². The molecule has 0 aliphatic heterocycles. The molecule has 0 radical (unpaired) electrons. The molecule has 6 heteroatoms. The molecule has 0 bridgehead atoms. The fourth-order valence-electron chi connectivity index (χ4n) is 2.56. The third-order valence-corrected chi connectivity index (χ3v) is 3.82. The van der Waals surface area contributed by atoms with Gasteiger partial charge in [-0.1, -0.05) is 36.4 Å². The van der Waals surface area contributed by atoms with Gasteiger partial charge in [0.15, 0.2) is 0 Å². The highest BCUT2D eigenvalue weighted by Gasteiger charge is 2.22. The number of hydrogen-bond donors (Lipinski definition) is 0. The average Bonchev–Trinajstić information content (AvgIpc) is 3.05. The minimum absolute atomic E-state index is 0.00364. The van der Waals surface area contributed by atoms with Crippen molar-refractivity contribution in [1.82, 2.24) is 0 Å². The number of furan rings is 1. The molecule has 0 aliphatic rings. The van der Waals surface area contributed by atoms with Crippen LogP contribution in [-0.2, 0) is 20.9 Å². The maximum absolute atomic E-state index is 13.6. The molecule has 1 heterocycles. The van der Waals surface area contributed by atoms with Crippen LogP contribution >= 0.6 is 0 Å². The van der Waals surface area contributed by atoms with Crippen LogP contribution in [0.25, 0.3) is 17.0 Å². The maximum Gasteiger partial charge on any atom is 0.374 e. The molecule has 0 unspecified atom stereocenters. The zero-order chi connectivity index (χ0) is 19.2. The molecule has 0 spiro atoms. The van der Waals surface area contributed by atoms with E-state index in [0.717, 1.165) is 6.08 Å². The van der Waals surface area contributed by atoms with Gasteiger partial charge in [0.2, 0.25) is 5.76 Å². The van der Waals surface area contributed by atoms with Crippen LogP contribution in [0.2, 0.25) is 0 Å². The van der Waals surface area contributed by atoms with E-state index in [1.165, 1.54) is 12.1 Å². The lowest BCUT2D eigenvalue weighted by atomic mass is 10.1. The monoisotopic (exact) mass is 368 g/mol. The van der Waals surface area contributed by atoms with Gasteiger partial charge in [0.1, 0.15) is 18.0 Å². The maximum atomic E-state index is 13.6. The molecule has 0 atom stereocenters. The minimum Gasteiger partial charge on any atom is -0.460 e. The Balaban J connectivity index is 1.78. The molecule has 27 heavy (non-hydrogen) atoms. The summed E-state index contributed by atoms with van der Waals surface area (Å²) < 4.78 is 29.3. The van der Waals surface area contributed by atoms with Gasteiger partial charge in [-0.2, -0.15) is 0 Å². The van der Waals surface area contributed by atoms with Crippen molar-refractivity contribution >= 4 is 29.0 Å². The zero-order valence-corrected chi connectivity index (χ0v) is 14.6. The Bertz CT molecular complexity index is 1000. The van der Waals surface area contributed by atoms with Crippen LogP contribution in [0, 0.1) is 5.82 Å². The summed E-state index contributed by atoms with van der Waals surface area (Å²) >= 11 is 0. The number of rotatable bonds is 6. The number of halogens is 1. The molecule has 0 fully saturated rings. The van der Waals surface area contributed by atoms with Crippen LogP contribution in [0.4, 0.5) is 4.39 Å². The van der Waals surface area contributed by atoms with Crippen LogP contribution in [0.5, 0.6) is 0 Å². The van der Waals surface area contributed by atoms with Crippen molar-refractivity contribution in [2.45, 2.75) is 13.5 Å². The Kier molecular flexibility index (Phi) is 5.66. The molecular formula is C21H17FO5. The molecule has 0 saturated carbocycles. The van der Waals surface area contributed by atoms with E-state index in [1.807, 2.05) is 0 Å². The van der Waals surface area contributed by atoms with Gasteiger partial charge in [-0.25, -0.2) is 14.0 Å². The van der Waals surface area contributed by atoms with Crippen LogP contribution in [-0.4, -0.2) is 18.5 Å². The molecule has 3 aromatic rings.